The number of carbonyl (C=O) groups excluding carboxylic acids is 2. The van der Waals surface area contributed by atoms with Gasteiger partial charge in [-0.2, -0.15) is 8.42 Å². The van der Waals surface area contributed by atoms with E-state index >= 15 is 0 Å². The molecule has 0 unspecified atom stereocenters. The van der Waals surface area contributed by atoms with Gasteiger partial charge in [-0.1, -0.05) is 18.2 Å². The van der Waals surface area contributed by atoms with Gasteiger partial charge in [0.2, 0.25) is 0 Å². The van der Waals surface area contributed by atoms with Crippen LogP contribution in [0.25, 0.3) is 22.2 Å². The predicted octanol–water partition coefficient (Wildman–Crippen LogP) is 0.795. The standard InChI is InChI=1S/C21H21N5O5S/c1-31-16-8-3-2-6-14(16)17-18(21(28)25-20(17)27)15-12-26(11-5-10-24-32(22,29)30)19-13(15)7-4-9-23-19/h2-4,6-9,12,24H,5,10-11H2,1H3,(H2,22,29,30)(H,25,27,28). The third kappa shape index (κ3) is 4.13. The number of amides is 2. The molecule has 32 heavy (non-hydrogen) atoms. The van der Waals surface area contributed by atoms with Crippen molar-refractivity contribution in [3.63, 3.8) is 0 Å². The number of nitrogens with two attached hydrogens (primary N) is 1. The molecule has 1 aliphatic heterocycles. The molecular weight excluding hydrogens is 434 g/mol. The molecule has 0 saturated heterocycles. The first-order chi connectivity index (χ1) is 15.3. The second-order valence-corrected chi connectivity index (χ2v) is 8.52. The van der Waals surface area contributed by atoms with E-state index < -0.39 is 22.0 Å². The van der Waals surface area contributed by atoms with Crippen molar-refractivity contribution in [1.82, 2.24) is 19.6 Å². The van der Waals surface area contributed by atoms with Crippen molar-refractivity contribution >= 4 is 44.2 Å². The smallest absolute Gasteiger partial charge is 0.274 e. The van der Waals surface area contributed by atoms with Gasteiger partial charge in [-0.15, -0.1) is 0 Å². The van der Waals surface area contributed by atoms with Crippen LogP contribution in [0.4, 0.5) is 0 Å². The fraction of sp³-hybridized carbons (Fsp3) is 0.190. The van der Waals surface area contributed by atoms with Crippen LogP contribution in [0.3, 0.4) is 0 Å². The number of carbonyl (C=O) groups is 2. The average molecular weight is 455 g/mol. The van der Waals surface area contributed by atoms with Gasteiger partial charge in [0.25, 0.3) is 22.0 Å². The molecule has 0 saturated carbocycles. The van der Waals surface area contributed by atoms with Crippen LogP contribution >= 0.6 is 0 Å². The van der Waals surface area contributed by atoms with Crippen molar-refractivity contribution in [2.75, 3.05) is 13.7 Å². The molecule has 2 aromatic heterocycles. The normalized spacial score (nSPS) is 14.3. The third-order valence-electron chi connectivity index (χ3n) is 5.09. The fourth-order valence-corrected chi connectivity index (χ4v) is 4.21. The van der Waals surface area contributed by atoms with Crippen molar-refractivity contribution < 1.29 is 22.7 Å². The highest BCUT2D eigenvalue weighted by atomic mass is 32.2. The number of methoxy groups -OCH3 is 1. The number of hydrogen-bond donors (Lipinski definition) is 3. The lowest BCUT2D eigenvalue weighted by molar-refractivity contribution is -0.122. The van der Waals surface area contributed by atoms with E-state index in [1.54, 1.807) is 42.7 Å². The maximum absolute atomic E-state index is 12.8. The number of rotatable bonds is 8. The van der Waals surface area contributed by atoms with Crippen LogP contribution in [0.15, 0.2) is 48.8 Å². The topological polar surface area (TPSA) is 145 Å². The molecule has 0 fully saturated rings. The van der Waals surface area contributed by atoms with Crippen LogP contribution in [-0.2, 0) is 26.3 Å². The van der Waals surface area contributed by atoms with Crippen molar-refractivity contribution in [2.45, 2.75) is 13.0 Å². The molecule has 1 aromatic carbocycles. The van der Waals surface area contributed by atoms with Gasteiger partial charge in [-0.3, -0.25) is 14.9 Å². The highest BCUT2D eigenvalue weighted by Gasteiger charge is 2.35. The minimum absolute atomic E-state index is 0.148. The molecule has 2 amide bonds. The molecule has 0 radical (unpaired) electrons. The lowest BCUT2D eigenvalue weighted by Crippen LogP contribution is -2.31. The summed E-state index contributed by atoms with van der Waals surface area (Å²) in [6.45, 7) is 0.567. The Kier molecular flexibility index (Phi) is 5.78. The summed E-state index contributed by atoms with van der Waals surface area (Å²) in [4.78, 5) is 30.0. The number of pyridine rings is 1. The zero-order valence-corrected chi connectivity index (χ0v) is 18.0. The molecule has 0 spiro atoms. The number of imide groups is 1. The molecule has 10 nitrogen and oxygen atoms in total. The van der Waals surface area contributed by atoms with E-state index in [1.165, 1.54) is 7.11 Å². The SMILES string of the molecule is COc1ccccc1C1=C(c2cn(CCCNS(N)(=O)=O)c3ncccc23)C(=O)NC1=O. The molecule has 3 heterocycles. The van der Waals surface area contributed by atoms with Crippen LogP contribution in [0.2, 0.25) is 0 Å². The van der Waals surface area contributed by atoms with E-state index in [1.807, 2.05) is 10.6 Å². The summed E-state index contributed by atoms with van der Waals surface area (Å²) in [5.74, 6) is -0.535. The van der Waals surface area contributed by atoms with Gasteiger partial charge in [-0.25, -0.2) is 14.8 Å². The molecule has 4 rings (SSSR count). The monoisotopic (exact) mass is 455 g/mol. The number of nitrogens with one attached hydrogen (secondary N) is 2. The van der Waals surface area contributed by atoms with Crippen molar-refractivity contribution in [2.24, 2.45) is 5.14 Å². The lowest BCUT2D eigenvalue weighted by Gasteiger charge is -2.09. The maximum Gasteiger partial charge on any atom is 0.274 e. The third-order valence-corrected chi connectivity index (χ3v) is 5.70. The number of benzene rings is 1. The second kappa shape index (κ2) is 8.54. The number of para-hydroxylation sites is 1. The van der Waals surface area contributed by atoms with Gasteiger partial charge >= 0.3 is 0 Å². The number of ether oxygens (including phenoxy) is 1. The Morgan fingerprint density at radius 1 is 1.09 bits per heavy atom. The first-order valence-corrected chi connectivity index (χ1v) is 11.3. The summed E-state index contributed by atoms with van der Waals surface area (Å²) in [5, 5.41) is 8.04. The molecule has 0 bridgehead atoms. The van der Waals surface area contributed by atoms with Gasteiger partial charge in [0.05, 0.1) is 18.3 Å². The highest BCUT2D eigenvalue weighted by molar-refractivity contribution is 7.87. The Balaban J connectivity index is 1.82. The molecule has 166 valence electrons. The van der Waals surface area contributed by atoms with E-state index in [4.69, 9.17) is 9.88 Å². The Morgan fingerprint density at radius 2 is 1.81 bits per heavy atom. The van der Waals surface area contributed by atoms with Crippen LogP contribution < -0.4 is 19.9 Å². The molecule has 11 heteroatoms. The highest BCUT2D eigenvalue weighted by Crippen LogP contribution is 2.38. The molecule has 0 aliphatic carbocycles. The van der Waals surface area contributed by atoms with E-state index in [-0.39, 0.29) is 17.7 Å². The predicted molar refractivity (Wildman–Crippen MR) is 118 cm³/mol. The molecule has 1 aliphatic rings. The number of aromatic nitrogens is 2. The van der Waals surface area contributed by atoms with E-state index in [9.17, 15) is 18.0 Å². The largest absolute Gasteiger partial charge is 0.496 e. The Labute approximate surface area is 184 Å². The number of fused-ring (bicyclic) bond motifs is 1. The summed E-state index contributed by atoms with van der Waals surface area (Å²) in [5.41, 5.74) is 2.13. The Bertz CT molecular complexity index is 1360. The summed E-state index contributed by atoms with van der Waals surface area (Å²) in [6, 6.07) is 10.6. The van der Waals surface area contributed by atoms with Crippen LogP contribution in [0.5, 0.6) is 5.75 Å². The van der Waals surface area contributed by atoms with Gasteiger partial charge in [0.1, 0.15) is 11.4 Å². The molecule has 3 aromatic rings. The summed E-state index contributed by atoms with van der Waals surface area (Å²) in [6.07, 6.45) is 3.82. The van der Waals surface area contributed by atoms with Gasteiger partial charge < -0.3 is 9.30 Å². The van der Waals surface area contributed by atoms with Crippen LogP contribution in [0, 0.1) is 0 Å². The Morgan fingerprint density at radius 3 is 2.53 bits per heavy atom. The van der Waals surface area contributed by atoms with Crippen molar-refractivity contribution in [3.05, 3.63) is 59.9 Å². The zero-order valence-electron chi connectivity index (χ0n) is 17.2. The van der Waals surface area contributed by atoms with Crippen molar-refractivity contribution in [1.29, 1.82) is 0 Å². The minimum Gasteiger partial charge on any atom is -0.496 e. The lowest BCUT2D eigenvalue weighted by atomic mass is 9.96. The fourth-order valence-electron chi connectivity index (χ4n) is 3.78. The van der Waals surface area contributed by atoms with Crippen LogP contribution in [0.1, 0.15) is 17.5 Å². The van der Waals surface area contributed by atoms with Gasteiger partial charge in [0, 0.05) is 42.0 Å². The molecule has 4 N–H and O–H groups in total. The minimum atomic E-state index is -3.77. The quantitative estimate of drug-likeness (QED) is 0.338. The second-order valence-electron chi connectivity index (χ2n) is 7.14. The first-order valence-electron chi connectivity index (χ1n) is 9.75. The summed E-state index contributed by atoms with van der Waals surface area (Å²) in [7, 11) is -2.27. The van der Waals surface area contributed by atoms with Crippen molar-refractivity contribution in [3.8, 4) is 5.75 Å². The molecular formula is C21H21N5O5S. The van der Waals surface area contributed by atoms with Gasteiger partial charge in [-0.05, 0) is 24.6 Å². The first kappa shape index (κ1) is 21.7. The average Bonchev–Trinajstić information content (AvgIpc) is 3.26. The zero-order chi connectivity index (χ0) is 22.9. The summed E-state index contributed by atoms with van der Waals surface area (Å²) < 4.78 is 31.6. The number of aryl methyl sites for hydroxylation is 1. The maximum atomic E-state index is 12.8. The van der Waals surface area contributed by atoms with E-state index in [0.29, 0.717) is 40.9 Å². The van der Waals surface area contributed by atoms with E-state index in [0.717, 1.165) is 0 Å². The van der Waals surface area contributed by atoms with E-state index in [2.05, 4.69) is 15.0 Å². The summed E-state index contributed by atoms with van der Waals surface area (Å²) >= 11 is 0. The number of hydrogen-bond acceptors (Lipinski definition) is 6. The molecule has 0 atom stereocenters. The Hall–Kier alpha value is -3.54. The van der Waals surface area contributed by atoms with Gasteiger partial charge in [0.15, 0.2) is 0 Å². The van der Waals surface area contributed by atoms with Crippen LogP contribution in [-0.4, -0.2) is 43.4 Å². The number of nitrogens with zero attached hydrogens (tertiary/aromatic N) is 2.